The first-order chi connectivity index (χ1) is 9.65. The first-order valence-corrected chi connectivity index (χ1v) is 6.98. The molecule has 0 amide bonds. The number of aryl methyl sites for hydroxylation is 1. The van der Waals surface area contributed by atoms with Gasteiger partial charge < -0.3 is 4.57 Å². The Morgan fingerprint density at radius 2 is 2.15 bits per heavy atom. The molecular weight excluding hydrogens is 278 g/mol. The maximum Gasteiger partial charge on any atom is 0.275 e. The van der Waals surface area contributed by atoms with Gasteiger partial charge in [0.15, 0.2) is 0 Å². The average molecular weight is 292 g/mol. The number of imidazole rings is 1. The van der Waals surface area contributed by atoms with Crippen LogP contribution in [0.1, 0.15) is 29.8 Å². The molecule has 0 aliphatic heterocycles. The molecule has 0 saturated carbocycles. The number of nitro groups is 1. The van der Waals surface area contributed by atoms with Crippen molar-refractivity contribution in [2.75, 3.05) is 0 Å². The largest absolute Gasteiger partial charge is 0.330 e. The lowest BCUT2D eigenvalue weighted by molar-refractivity contribution is -0.385. The maximum atomic E-state index is 11.1. The smallest absolute Gasteiger partial charge is 0.275 e. The van der Waals surface area contributed by atoms with Crippen LogP contribution in [-0.4, -0.2) is 14.5 Å². The Kier molecular flexibility index (Phi) is 3.44. The molecule has 3 rings (SSSR count). The van der Waals surface area contributed by atoms with Crippen LogP contribution in [0.2, 0.25) is 5.02 Å². The first kappa shape index (κ1) is 13.1. The number of nitrogens with zero attached hydrogens (tertiary/aromatic N) is 3. The molecule has 1 aliphatic carbocycles. The number of benzene rings is 1. The minimum absolute atomic E-state index is 0.0655. The third-order valence-electron chi connectivity index (χ3n) is 3.69. The second-order valence-electron chi connectivity index (χ2n) is 5.00. The van der Waals surface area contributed by atoms with Crippen LogP contribution in [0.25, 0.3) is 0 Å². The molecule has 1 aromatic carbocycles. The zero-order valence-corrected chi connectivity index (χ0v) is 11.6. The molecule has 0 unspecified atom stereocenters. The zero-order chi connectivity index (χ0) is 14.1. The Morgan fingerprint density at radius 1 is 1.35 bits per heavy atom. The molecule has 5 nitrogen and oxygen atoms in total. The summed E-state index contributed by atoms with van der Waals surface area (Å²) in [5, 5.41) is 11.5. The number of hydrogen-bond acceptors (Lipinski definition) is 3. The molecule has 1 heterocycles. The third-order valence-corrected chi connectivity index (χ3v) is 3.93. The van der Waals surface area contributed by atoms with E-state index in [-0.39, 0.29) is 10.6 Å². The fraction of sp³-hybridized carbons (Fsp3) is 0.357. The van der Waals surface area contributed by atoms with Crippen molar-refractivity contribution in [3.63, 3.8) is 0 Å². The van der Waals surface area contributed by atoms with Crippen LogP contribution in [-0.2, 0) is 19.4 Å². The van der Waals surface area contributed by atoms with Crippen molar-refractivity contribution in [3.05, 3.63) is 56.6 Å². The topological polar surface area (TPSA) is 61.0 Å². The van der Waals surface area contributed by atoms with E-state index in [0.717, 1.165) is 25.0 Å². The van der Waals surface area contributed by atoms with E-state index in [0.29, 0.717) is 17.1 Å². The summed E-state index contributed by atoms with van der Waals surface area (Å²) in [5.41, 5.74) is 3.06. The van der Waals surface area contributed by atoms with Gasteiger partial charge >= 0.3 is 0 Å². The number of hydrogen-bond donors (Lipinski definition) is 0. The van der Waals surface area contributed by atoms with Gasteiger partial charge in [-0.2, -0.15) is 0 Å². The molecule has 1 aliphatic rings. The molecule has 0 N–H and O–H groups in total. The Hall–Kier alpha value is -1.88. The lowest BCUT2D eigenvalue weighted by Gasteiger charge is -2.14. The van der Waals surface area contributed by atoms with Gasteiger partial charge in [-0.1, -0.05) is 11.6 Å². The van der Waals surface area contributed by atoms with Crippen molar-refractivity contribution >= 4 is 17.3 Å². The Bertz CT molecular complexity index is 666. The highest BCUT2D eigenvalue weighted by molar-refractivity contribution is 6.30. The van der Waals surface area contributed by atoms with E-state index >= 15 is 0 Å². The van der Waals surface area contributed by atoms with E-state index in [2.05, 4.69) is 4.98 Å². The average Bonchev–Trinajstić information content (AvgIpc) is 2.84. The van der Waals surface area contributed by atoms with E-state index in [1.165, 1.54) is 18.2 Å². The molecule has 0 spiro atoms. The summed E-state index contributed by atoms with van der Waals surface area (Å²) in [6.07, 6.45) is 6.11. The zero-order valence-electron chi connectivity index (χ0n) is 10.9. The standard InChI is InChI=1S/C14H14ClN3O2/c15-11-6-5-10(14(7-11)18(19)20)8-17-9-16-12-3-1-2-4-13(12)17/h5-7,9H,1-4,8H2. The van der Waals surface area contributed by atoms with Gasteiger partial charge in [-0.3, -0.25) is 10.1 Å². The molecule has 0 bridgehead atoms. The van der Waals surface area contributed by atoms with Gasteiger partial charge in [-0.15, -0.1) is 0 Å². The third kappa shape index (κ3) is 2.41. The molecular formula is C14H14ClN3O2. The van der Waals surface area contributed by atoms with Crippen molar-refractivity contribution in [1.29, 1.82) is 0 Å². The quantitative estimate of drug-likeness (QED) is 0.643. The highest BCUT2D eigenvalue weighted by Crippen LogP contribution is 2.26. The minimum Gasteiger partial charge on any atom is -0.330 e. The normalized spacial score (nSPS) is 14.1. The maximum absolute atomic E-state index is 11.1. The first-order valence-electron chi connectivity index (χ1n) is 6.61. The summed E-state index contributed by atoms with van der Waals surface area (Å²) in [7, 11) is 0. The second kappa shape index (κ2) is 5.25. The number of rotatable bonds is 3. The van der Waals surface area contributed by atoms with E-state index < -0.39 is 0 Å². The minimum atomic E-state index is -0.384. The predicted molar refractivity (Wildman–Crippen MR) is 76.1 cm³/mol. The number of halogens is 1. The summed E-state index contributed by atoms with van der Waals surface area (Å²) in [5.74, 6) is 0. The summed E-state index contributed by atoms with van der Waals surface area (Å²) in [4.78, 5) is 15.1. The van der Waals surface area contributed by atoms with Crippen molar-refractivity contribution in [2.45, 2.75) is 32.2 Å². The number of aromatic nitrogens is 2. The molecule has 20 heavy (non-hydrogen) atoms. The SMILES string of the molecule is O=[N+]([O-])c1cc(Cl)ccc1Cn1cnc2c1CCCC2. The Morgan fingerprint density at radius 3 is 2.95 bits per heavy atom. The Labute approximate surface area is 121 Å². The van der Waals surface area contributed by atoms with Crippen LogP contribution in [0.5, 0.6) is 0 Å². The lowest BCUT2D eigenvalue weighted by Crippen LogP contribution is -2.10. The summed E-state index contributed by atoms with van der Waals surface area (Å²) >= 11 is 5.83. The van der Waals surface area contributed by atoms with Crippen molar-refractivity contribution in [2.24, 2.45) is 0 Å². The molecule has 0 atom stereocenters. The second-order valence-corrected chi connectivity index (χ2v) is 5.44. The van der Waals surface area contributed by atoms with E-state index in [9.17, 15) is 10.1 Å². The number of nitro benzene ring substituents is 1. The fourth-order valence-corrected chi connectivity index (χ4v) is 2.86. The molecule has 1 aromatic heterocycles. The van der Waals surface area contributed by atoms with Crippen LogP contribution >= 0.6 is 11.6 Å². The van der Waals surface area contributed by atoms with Gasteiger partial charge in [-0.05, 0) is 37.8 Å². The van der Waals surface area contributed by atoms with Crippen LogP contribution in [0.15, 0.2) is 24.5 Å². The van der Waals surface area contributed by atoms with Gasteiger partial charge in [0.1, 0.15) is 0 Å². The van der Waals surface area contributed by atoms with Crippen LogP contribution in [0.4, 0.5) is 5.69 Å². The Balaban J connectivity index is 1.95. The molecule has 6 heteroatoms. The van der Waals surface area contributed by atoms with Gasteiger partial charge in [0, 0.05) is 22.3 Å². The van der Waals surface area contributed by atoms with Crippen LogP contribution in [0, 0.1) is 10.1 Å². The molecule has 0 radical (unpaired) electrons. The number of fused-ring (bicyclic) bond motifs is 1. The molecule has 0 fully saturated rings. The highest BCUT2D eigenvalue weighted by atomic mass is 35.5. The lowest BCUT2D eigenvalue weighted by atomic mass is 10.0. The highest BCUT2D eigenvalue weighted by Gasteiger charge is 2.19. The van der Waals surface area contributed by atoms with Gasteiger partial charge in [0.25, 0.3) is 5.69 Å². The van der Waals surface area contributed by atoms with E-state index in [1.54, 1.807) is 18.5 Å². The van der Waals surface area contributed by atoms with Gasteiger partial charge in [-0.25, -0.2) is 4.98 Å². The fourth-order valence-electron chi connectivity index (χ4n) is 2.69. The molecule has 2 aromatic rings. The summed E-state index contributed by atoms with van der Waals surface area (Å²) < 4.78 is 2.02. The summed E-state index contributed by atoms with van der Waals surface area (Å²) in [6.45, 7) is 0.468. The van der Waals surface area contributed by atoms with Crippen molar-refractivity contribution in [1.82, 2.24) is 9.55 Å². The van der Waals surface area contributed by atoms with Crippen LogP contribution in [0.3, 0.4) is 0 Å². The monoisotopic (exact) mass is 291 g/mol. The van der Waals surface area contributed by atoms with Gasteiger partial charge in [0.05, 0.1) is 23.5 Å². The summed E-state index contributed by atoms with van der Waals surface area (Å²) in [6, 6.07) is 4.81. The van der Waals surface area contributed by atoms with Crippen molar-refractivity contribution in [3.8, 4) is 0 Å². The van der Waals surface area contributed by atoms with Crippen molar-refractivity contribution < 1.29 is 4.92 Å². The van der Waals surface area contributed by atoms with E-state index in [4.69, 9.17) is 11.6 Å². The molecule has 0 saturated heterocycles. The molecule has 104 valence electrons. The van der Waals surface area contributed by atoms with E-state index in [1.807, 2.05) is 4.57 Å². The van der Waals surface area contributed by atoms with Crippen LogP contribution < -0.4 is 0 Å². The predicted octanol–water partition coefficient (Wildman–Crippen LogP) is 3.37. The van der Waals surface area contributed by atoms with Gasteiger partial charge in [0.2, 0.25) is 0 Å².